The Morgan fingerprint density at radius 2 is 1.41 bits per heavy atom. The normalized spacial score (nSPS) is 21.6. The van der Waals surface area contributed by atoms with Crippen molar-refractivity contribution in [2.75, 3.05) is 39.4 Å². The lowest BCUT2D eigenvalue weighted by molar-refractivity contribution is -0.136. The van der Waals surface area contributed by atoms with Crippen molar-refractivity contribution in [2.24, 2.45) is 0 Å². The van der Waals surface area contributed by atoms with Gasteiger partial charge in [-0.3, -0.25) is 29.5 Å². The molecule has 3 saturated heterocycles. The number of allylic oxidation sites excluding steroid dienone is 1. The number of carbonyl (C=O) groups excluding carboxylic acids is 3. The average Bonchev–Trinajstić information content (AvgIpc) is 3.87. The Kier molecular flexibility index (Phi) is 10.2. The number of imide groups is 1. The van der Waals surface area contributed by atoms with Crippen LogP contribution in [0.4, 0.5) is 0 Å². The molecule has 2 N–H and O–H groups in total. The highest BCUT2D eigenvalue weighted by atomic mass is 16.5. The van der Waals surface area contributed by atoms with E-state index in [1.807, 2.05) is 30.3 Å². The number of fused-ring (bicyclic) bond motifs is 3. The van der Waals surface area contributed by atoms with E-state index in [1.54, 1.807) is 23.1 Å². The first kappa shape index (κ1) is 35.6. The number of carbonyl (C=O) groups is 3. The third-order valence-corrected chi connectivity index (χ3v) is 11.3. The first-order chi connectivity index (χ1) is 26.3. The SMILES string of the molecule is CC/C(=C(\c1ccc(O)cc1)c1ccc(OCCN2CC3CC2CN3CCOc2ccc3c(c2)CN(C2CCC(=O)NC2=O)C3=O)cc1)c1ccccc1. The summed E-state index contributed by atoms with van der Waals surface area (Å²) in [4.78, 5) is 43.6. The van der Waals surface area contributed by atoms with Gasteiger partial charge in [0.25, 0.3) is 5.91 Å². The number of amides is 3. The van der Waals surface area contributed by atoms with Crippen LogP contribution in [0, 0.1) is 0 Å². The minimum atomic E-state index is -0.621. The van der Waals surface area contributed by atoms with E-state index < -0.39 is 11.9 Å². The number of piperidine rings is 1. The standard InChI is InChI=1S/C44H46N4O6/c1-2-38(29-6-4-3-5-7-29)42(30-8-12-35(49)13-9-30)31-10-14-36(15-11-31)53-22-20-46-27-34-25-33(46)28-47(34)21-23-54-37-16-17-39-32(24-37)26-48(44(39)52)40-18-19-41(50)45-43(40)51/h3-17,24,33-34,40,49H,2,18-23,25-28H2,1H3,(H,45,50,51)/b42-38-. The number of benzene rings is 4. The molecule has 0 aliphatic carbocycles. The lowest BCUT2D eigenvalue weighted by Crippen LogP contribution is -2.52. The zero-order valence-electron chi connectivity index (χ0n) is 30.6. The summed E-state index contributed by atoms with van der Waals surface area (Å²) in [6.07, 6.45) is 2.61. The van der Waals surface area contributed by atoms with Crippen molar-refractivity contribution >= 4 is 28.9 Å². The zero-order chi connectivity index (χ0) is 37.2. The largest absolute Gasteiger partial charge is 0.508 e. The van der Waals surface area contributed by atoms with Gasteiger partial charge in [-0.05, 0) is 95.1 Å². The van der Waals surface area contributed by atoms with Gasteiger partial charge in [0.2, 0.25) is 11.8 Å². The molecular weight excluding hydrogens is 681 g/mol. The van der Waals surface area contributed by atoms with E-state index in [4.69, 9.17) is 9.47 Å². The second kappa shape index (κ2) is 15.5. The Balaban J connectivity index is 0.809. The molecule has 4 aromatic carbocycles. The number of phenols is 1. The number of piperazine rings is 1. The third-order valence-electron chi connectivity index (χ3n) is 11.3. The monoisotopic (exact) mass is 726 g/mol. The number of rotatable bonds is 13. The van der Waals surface area contributed by atoms with Gasteiger partial charge in [0.05, 0.1) is 0 Å². The van der Waals surface area contributed by atoms with Crippen molar-refractivity contribution in [3.63, 3.8) is 0 Å². The number of aromatic hydroxyl groups is 1. The van der Waals surface area contributed by atoms with Crippen LogP contribution in [0.3, 0.4) is 0 Å². The molecule has 4 heterocycles. The molecule has 3 amide bonds. The average molecular weight is 727 g/mol. The summed E-state index contributed by atoms with van der Waals surface area (Å²) in [5, 5.41) is 12.3. The number of hydrogen-bond acceptors (Lipinski definition) is 8. The number of nitrogens with one attached hydrogen (secondary N) is 1. The molecule has 4 aliphatic rings. The fourth-order valence-electron chi connectivity index (χ4n) is 8.61. The van der Waals surface area contributed by atoms with Crippen molar-refractivity contribution < 1.29 is 29.0 Å². The highest BCUT2D eigenvalue weighted by molar-refractivity contribution is 6.05. The number of nitrogens with zero attached hydrogens (tertiary/aromatic N) is 3. The van der Waals surface area contributed by atoms with E-state index in [-0.39, 0.29) is 24.0 Å². The molecule has 3 unspecified atom stereocenters. The Morgan fingerprint density at radius 1 is 0.778 bits per heavy atom. The van der Waals surface area contributed by atoms with E-state index in [2.05, 4.69) is 70.6 Å². The topological polar surface area (TPSA) is 112 Å². The van der Waals surface area contributed by atoms with E-state index in [0.717, 1.165) is 72.8 Å². The summed E-state index contributed by atoms with van der Waals surface area (Å²) in [6.45, 7) is 7.44. The van der Waals surface area contributed by atoms with Gasteiger partial charge in [-0.15, -0.1) is 0 Å². The van der Waals surface area contributed by atoms with Crippen LogP contribution in [0.5, 0.6) is 17.2 Å². The van der Waals surface area contributed by atoms with Gasteiger partial charge < -0.3 is 19.5 Å². The summed E-state index contributed by atoms with van der Waals surface area (Å²) in [6, 6.07) is 32.2. The fourth-order valence-corrected chi connectivity index (χ4v) is 8.61. The van der Waals surface area contributed by atoms with Gasteiger partial charge in [0.1, 0.15) is 36.5 Å². The predicted octanol–water partition coefficient (Wildman–Crippen LogP) is 5.74. The van der Waals surface area contributed by atoms with Gasteiger partial charge in [-0.1, -0.05) is 61.5 Å². The van der Waals surface area contributed by atoms with Gasteiger partial charge >= 0.3 is 0 Å². The minimum Gasteiger partial charge on any atom is -0.508 e. The number of hydrogen-bond donors (Lipinski definition) is 2. The first-order valence-electron chi connectivity index (χ1n) is 19.0. The van der Waals surface area contributed by atoms with Crippen LogP contribution in [0.2, 0.25) is 0 Å². The summed E-state index contributed by atoms with van der Waals surface area (Å²) >= 11 is 0. The van der Waals surface area contributed by atoms with Crippen LogP contribution in [-0.4, -0.2) is 95.0 Å². The summed E-state index contributed by atoms with van der Waals surface area (Å²) in [5.41, 5.74) is 7.20. The molecule has 4 aliphatic heterocycles. The zero-order valence-corrected chi connectivity index (χ0v) is 30.6. The summed E-state index contributed by atoms with van der Waals surface area (Å²) in [7, 11) is 0. The Labute approximate surface area is 316 Å². The molecule has 8 rings (SSSR count). The Morgan fingerprint density at radius 3 is 2.04 bits per heavy atom. The van der Waals surface area contributed by atoms with E-state index in [0.29, 0.717) is 43.8 Å². The molecule has 0 saturated carbocycles. The van der Waals surface area contributed by atoms with Crippen molar-refractivity contribution in [3.8, 4) is 17.2 Å². The van der Waals surface area contributed by atoms with Crippen LogP contribution in [-0.2, 0) is 16.1 Å². The minimum absolute atomic E-state index is 0.176. The van der Waals surface area contributed by atoms with E-state index >= 15 is 0 Å². The van der Waals surface area contributed by atoms with Crippen LogP contribution >= 0.6 is 0 Å². The highest BCUT2D eigenvalue weighted by Crippen LogP contribution is 2.36. The third kappa shape index (κ3) is 7.36. The van der Waals surface area contributed by atoms with Crippen molar-refractivity contribution in [3.05, 3.63) is 125 Å². The van der Waals surface area contributed by atoms with Gasteiger partial charge in [-0.25, -0.2) is 0 Å². The number of ether oxygens (including phenoxy) is 2. The quantitative estimate of drug-likeness (QED) is 0.133. The molecule has 0 radical (unpaired) electrons. The van der Waals surface area contributed by atoms with Crippen LogP contribution in [0.25, 0.3) is 11.1 Å². The summed E-state index contributed by atoms with van der Waals surface area (Å²) < 4.78 is 12.4. The number of phenolic OH excluding ortho intramolecular Hbond substituents is 1. The summed E-state index contributed by atoms with van der Waals surface area (Å²) in [5.74, 6) is 0.956. The molecular formula is C44H46N4O6. The molecule has 0 aromatic heterocycles. The van der Waals surface area contributed by atoms with Gasteiger partial charge in [0, 0.05) is 56.8 Å². The highest BCUT2D eigenvalue weighted by Gasteiger charge is 2.43. The van der Waals surface area contributed by atoms with Gasteiger partial charge in [0.15, 0.2) is 0 Å². The molecule has 3 fully saturated rings. The molecule has 2 bridgehead atoms. The Bertz CT molecular complexity index is 2050. The van der Waals surface area contributed by atoms with Gasteiger partial charge in [-0.2, -0.15) is 0 Å². The van der Waals surface area contributed by atoms with Crippen LogP contribution < -0.4 is 14.8 Å². The maximum absolute atomic E-state index is 13.0. The molecule has 4 aromatic rings. The fraction of sp³-hybridized carbons (Fsp3) is 0.341. The predicted molar refractivity (Wildman–Crippen MR) is 206 cm³/mol. The van der Waals surface area contributed by atoms with E-state index in [9.17, 15) is 19.5 Å². The first-order valence-corrected chi connectivity index (χ1v) is 19.0. The van der Waals surface area contributed by atoms with Crippen LogP contribution in [0.1, 0.15) is 65.2 Å². The molecule has 3 atom stereocenters. The maximum Gasteiger partial charge on any atom is 0.255 e. The Hall–Kier alpha value is -5.45. The second-order valence-electron chi connectivity index (χ2n) is 14.6. The molecule has 278 valence electrons. The van der Waals surface area contributed by atoms with Crippen molar-refractivity contribution in [2.45, 2.75) is 57.3 Å². The lowest BCUT2D eigenvalue weighted by Gasteiger charge is -2.34. The smallest absolute Gasteiger partial charge is 0.255 e. The molecule has 54 heavy (non-hydrogen) atoms. The molecule has 10 heteroatoms. The van der Waals surface area contributed by atoms with Crippen LogP contribution in [0.15, 0.2) is 97.1 Å². The maximum atomic E-state index is 13.0. The van der Waals surface area contributed by atoms with E-state index in [1.165, 1.54) is 11.1 Å². The lowest BCUT2D eigenvalue weighted by atomic mass is 9.88. The molecule has 0 spiro atoms. The molecule has 10 nitrogen and oxygen atoms in total. The second-order valence-corrected chi connectivity index (χ2v) is 14.6. The van der Waals surface area contributed by atoms with Crippen molar-refractivity contribution in [1.82, 2.24) is 20.0 Å². The number of likely N-dealkylation sites (tertiary alicyclic amines) is 2. The van der Waals surface area contributed by atoms with Crippen molar-refractivity contribution in [1.29, 1.82) is 0 Å².